The second-order valence-corrected chi connectivity index (χ2v) is 4.55. The van der Waals surface area contributed by atoms with E-state index in [1.807, 2.05) is 24.3 Å². The van der Waals surface area contributed by atoms with Crippen LogP contribution < -0.4 is 0 Å². The van der Waals surface area contributed by atoms with Crippen LogP contribution >= 0.6 is 15.9 Å². The van der Waals surface area contributed by atoms with E-state index in [2.05, 4.69) is 20.7 Å². The van der Waals surface area contributed by atoms with Crippen LogP contribution in [0, 0.1) is 0 Å². The highest BCUT2D eigenvalue weighted by Crippen LogP contribution is 2.14. The SMILES string of the molecule is COC(=O)[C@@H](OCc1cccc(Br)c1)[C@@H](O)CO. The molecule has 0 fully saturated rings. The molecule has 0 saturated carbocycles. The Balaban J connectivity index is 2.64. The van der Waals surface area contributed by atoms with E-state index in [1.165, 1.54) is 7.11 Å². The number of aliphatic hydroxyl groups excluding tert-OH is 2. The third-order valence-corrected chi connectivity index (χ3v) is 2.78. The number of hydrogen-bond acceptors (Lipinski definition) is 5. The van der Waals surface area contributed by atoms with E-state index >= 15 is 0 Å². The number of methoxy groups -OCH3 is 1. The van der Waals surface area contributed by atoms with Crippen molar-refractivity contribution in [2.24, 2.45) is 0 Å². The molecule has 0 radical (unpaired) electrons. The van der Waals surface area contributed by atoms with Crippen LogP contribution in [0.2, 0.25) is 0 Å². The quantitative estimate of drug-likeness (QED) is 0.761. The molecule has 1 aromatic carbocycles. The molecule has 1 rings (SSSR count). The molecular weight excluding hydrogens is 304 g/mol. The van der Waals surface area contributed by atoms with Crippen LogP contribution in [-0.4, -0.2) is 42.1 Å². The highest BCUT2D eigenvalue weighted by molar-refractivity contribution is 9.10. The molecule has 2 N–H and O–H groups in total. The summed E-state index contributed by atoms with van der Waals surface area (Å²) >= 11 is 3.32. The summed E-state index contributed by atoms with van der Waals surface area (Å²) in [6.07, 6.45) is -2.50. The number of carbonyl (C=O) groups excluding carboxylic acids is 1. The summed E-state index contributed by atoms with van der Waals surface area (Å²) in [4.78, 5) is 11.4. The number of aliphatic hydroxyl groups is 2. The van der Waals surface area contributed by atoms with Gasteiger partial charge in [-0.25, -0.2) is 4.79 Å². The molecule has 0 unspecified atom stereocenters. The maximum Gasteiger partial charge on any atom is 0.337 e. The van der Waals surface area contributed by atoms with Crippen molar-refractivity contribution < 1.29 is 24.5 Å². The first-order valence-electron chi connectivity index (χ1n) is 5.31. The molecule has 18 heavy (non-hydrogen) atoms. The van der Waals surface area contributed by atoms with Crippen molar-refractivity contribution in [1.82, 2.24) is 0 Å². The first-order chi connectivity index (χ1) is 8.58. The maximum absolute atomic E-state index is 11.4. The molecule has 5 nitrogen and oxygen atoms in total. The Morgan fingerprint density at radius 1 is 1.50 bits per heavy atom. The second kappa shape index (κ2) is 7.48. The number of rotatable bonds is 6. The highest BCUT2D eigenvalue weighted by Gasteiger charge is 2.28. The predicted octanol–water partition coefficient (Wildman–Crippen LogP) is 0.860. The fourth-order valence-electron chi connectivity index (χ4n) is 1.36. The minimum atomic E-state index is -1.30. The van der Waals surface area contributed by atoms with Gasteiger partial charge < -0.3 is 19.7 Å². The average Bonchev–Trinajstić information content (AvgIpc) is 2.38. The molecule has 0 aliphatic heterocycles. The minimum absolute atomic E-state index is 0.135. The summed E-state index contributed by atoms with van der Waals surface area (Å²) in [7, 11) is 1.20. The van der Waals surface area contributed by atoms with Gasteiger partial charge in [-0.3, -0.25) is 0 Å². The van der Waals surface area contributed by atoms with Gasteiger partial charge in [-0.15, -0.1) is 0 Å². The Morgan fingerprint density at radius 3 is 2.78 bits per heavy atom. The van der Waals surface area contributed by atoms with Gasteiger partial charge in [0.1, 0.15) is 6.10 Å². The van der Waals surface area contributed by atoms with Crippen LogP contribution in [0.3, 0.4) is 0 Å². The van der Waals surface area contributed by atoms with Crippen molar-refractivity contribution in [2.45, 2.75) is 18.8 Å². The molecule has 6 heteroatoms. The van der Waals surface area contributed by atoms with E-state index in [1.54, 1.807) is 0 Å². The molecular formula is C12H15BrO5. The molecule has 0 bridgehead atoms. The topological polar surface area (TPSA) is 76.0 Å². The number of benzene rings is 1. The normalized spacial score (nSPS) is 14.0. The van der Waals surface area contributed by atoms with Gasteiger partial charge in [0.25, 0.3) is 0 Å². The van der Waals surface area contributed by atoms with Gasteiger partial charge in [0.15, 0.2) is 6.10 Å². The lowest BCUT2D eigenvalue weighted by molar-refractivity contribution is -0.165. The summed E-state index contributed by atoms with van der Waals surface area (Å²) in [5.74, 6) is -0.716. The zero-order chi connectivity index (χ0) is 13.5. The first-order valence-corrected chi connectivity index (χ1v) is 6.10. The minimum Gasteiger partial charge on any atom is -0.467 e. The highest BCUT2D eigenvalue weighted by atomic mass is 79.9. The molecule has 0 spiro atoms. The number of halogens is 1. The molecule has 0 heterocycles. The third-order valence-electron chi connectivity index (χ3n) is 2.29. The summed E-state index contributed by atoms with van der Waals surface area (Å²) in [6, 6.07) is 7.35. The Bertz CT molecular complexity index is 396. The van der Waals surface area contributed by atoms with E-state index in [0.29, 0.717) is 0 Å². The number of carbonyl (C=O) groups is 1. The van der Waals surface area contributed by atoms with E-state index in [0.717, 1.165) is 10.0 Å². The van der Waals surface area contributed by atoms with Crippen LogP contribution in [0.25, 0.3) is 0 Å². The van der Waals surface area contributed by atoms with Gasteiger partial charge in [-0.2, -0.15) is 0 Å². The van der Waals surface area contributed by atoms with Gasteiger partial charge in [-0.05, 0) is 17.7 Å². The largest absolute Gasteiger partial charge is 0.467 e. The summed E-state index contributed by atoms with van der Waals surface area (Å²) in [5.41, 5.74) is 0.836. The van der Waals surface area contributed by atoms with Crippen molar-refractivity contribution in [2.75, 3.05) is 13.7 Å². The lowest BCUT2D eigenvalue weighted by atomic mass is 10.2. The van der Waals surface area contributed by atoms with E-state index in [9.17, 15) is 9.90 Å². The lowest BCUT2D eigenvalue weighted by Gasteiger charge is -2.19. The van der Waals surface area contributed by atoms with Crippen LogP contribution in [0.5, 0.6) is 0 Å². The number of hydrogen-bond donors (Lipinski definition) is 2. The van der Waals surface area contributed by atoms with Gasteiger partial charge in [0.05, 0.1) is 20.3 Å². The molecule has 0 aliphatic carbocycles. The van der Waals surface area contributed by atoms with Crippen LogP contribution in [-0.2, 0) is 20.9 Å². The Morgan fingerprint density at radius 2 is 2.22 bits per heavy atom. The molecule has 0 amide bonds. The lowest BCUT2D eigenvalue weighted by Crippen LogP contribution is -2.39. The zero-order valence-electron chi connectivity index (χ0n) is 9.88. The molecule has 2 atom stereocenters. The summed E-state index contributed by atoms with van der Waals surface area (Å²) in [6.45, 7) is -0.436. The maximum atomic E-state index is 11.4. The van der Waals surface area contributed by atoms with Crippen molar-refractivity contribution in [3.05, 3.63) is 34.3 Å². The van der Waals surface area contributed by atoms with E-state index in [4.69, 9.17) is 9.84 Å². The standard InChI is InChI=1S/C12H15BrO5/c1-17-12(16)11(10(15)6-14)18-7-8-3-2-4-9(13)5-8/h2-5,10-11,14-15H,6-7H2,1H3/t10-,11-/m0/s1. The average molecular weight is 319 g/mol. The molecule has 0 aliphatic rings. The second-order valence-electron chi connectivity index (χ2n) is 3.63. The van der Waals surface area contributed by atoms with Crippen molar-refractivity contribution in [3.8, 4) is 0 Å². The molecule has 100 valence electrons. The monoisotopic (exact) mass is 318 g/mol. The Hall–Kier alpha value is -0.950. The third kappa shape index (κ3) is 4.38. The zero-order valence-corrected chi connectivity index (χ0v) is 11.5. The first kappa shape index (κ1) is 15.1. The summed E-state index contributed by atoms with van der Waals surface area (Å²) < 4.78 is 10.7. The Labute approximate surface area is 113 Å². The predicted molar refractivity (Wildman–Crippen MR) is 67.8 cm³/mol. The Kier molecular flexibility index (Phi) is 6.28. The van der Waals surface area contributed by atoms with Gasteiger partial charge in [0.2, 0.25) is 0 Å². The van der Waals surface area contributed by atoms with Crippen molar-refractivity contribution in [1.29, 1.82) is 0 Å². The van der Waals surface area contributed by atoms with Crippen molar-refractivity contribution in [3.63, 3.8) is 0 Å². The van der Waals surface area contributed by atoms with Gasteiger partial charge >= 0.3 is 5.97 Å². The number of ether oxygens (including phenoxy) is 2. The summed E-state index contributed by atoms with van der Waals surface area (Å²) in [5, 5.41) is 18.3. The van der Waals surface area contributed by atoms with Gasteiger partial charge in [-0.1, -0.05) is 28.1 Å². The van der Waals surface area contributed by atoms with E-state index in [-0.39, 0.29) is 6.61 Å². The van der Waals surface area contributed by atoms with Crippen LogP contribution in [0.1, 0.15) is 5.56 Å². The van der Waals surface area contributed by atoms with Crippen LogP contribution in [0.15, 0.2) is 28.7 Å². The number of esters is 1. The van der Waals surface area contributed by atoms with Crippen LogP contribution in [0.4, 0.5) is 0 Å². The fraction of sp³-hybridized carbons (Fsp3) is 0.417. The van der Waals surface area contributed by atoms with E-state index < -0.39 is 24.8 Å². The molecule has 0 aromatic heterocycles. The van der Waals surface area contributed by atoms with Crippen molar-refractivity contribution >= 4 is 21.9 Å². The molecule has 1 aromatic rings. The van der Waals surface area contributed by atoms with Gasteiger partial charge in [0, 0.05) is 4.47 Å². The smallest absolute Gasteiger partial charge is 0.337 e. The molecule has 0 saturated heterocycles. The fourth-order valence-corrected chi connectivity index (χ4v) is 1.81.